The van der Waals surface area contributed by atoms with Gasteiger partial charge in [-0.05, 0) is 24.8 Å². The van der Waals surface area contributed by atoms with E-state index in [-0.39, 0.29) is 22.2 Å². The van der Waals surface area contributed by atoms with Crippen LogP contribution >= 0.6 is 11.8 Å². The molecule has 1 aliphatic carbocycles. The Morgan fingerprint density at radius 1 is 1.19 bits per heavy atom. The quantitative estimate of drug-likeness (QED) is 0.538. The highest BCUT2D eigenvalue weighted by atomic mass is 32.2. The number of carbonyl (C=O) groups excluding carboxylic acids is 1. The third-order valence-electron chi connectivity index (χ3n) is 4.84. The monoisotopic (exact) mass is 397 g/mol. The molecule has 146 valence electrons. The van der Waals surface area contributed by atoms with Crippen LogP contribution in [0, 0.1) is 5.92 Å². The van der Waals surface area contributed by atoms with E-state index in [1.165, 1.54) is 25.3 Å². The minimum Gasteiger partial charge on any atom is -0.345 e. The molecular formula is C19H22F3N3OS. The van der Waals surface area contributed by atoms with Crippen molar-refractivity contribution in [2.24, 2.45) is 5.92 Å². The summed E-state index contributed by atoms with van der Waals surface area (Å²) in [5.74, 6) is -0.690. The van der Waals surface area contributed by atoms with Crippen LogP contribution in [0.1, 0.15) is 37.9 Å². The first-order chi connectivity index (χ1) is 12.8. The number of fused-ring (bicyclic) bond motifs is 1. The lowest BCUT2D eigenvalue weighted by Crippen LogP contribution is -2.33. The molecule has 0 unspecified atom stereocenters. The number of nitrogens with zero attached hydrogens (tertiary/aromatic N) is 3. The molecule has 0 N–H and O–H groups in total. The second kappa shape index (κ2) is 8.46. The van der Waals surface area contributed by atoms with E-state index in [0.717, 1.165) is 24.6 Å². The largest absolute Gasteiger partial charge is 0.451 e. The minimum absolute atomic E-state index is 0.0571. The molecule has 0 saturated heterocycles. The van der Waals surface area contributed by atoms with Crippen LogP contribution < -0.4 is 0 Å². The fourth-order valence-corrected chi connectivity index (χ4v) is 4.34. The first-order valence-corrected chi connectivity index (χ1v) is 10.0. The Kier molecular flexibility index (Phi) is 6.24. The summed E-state index contributed by atoms with van der Waals surface area (Å²) in [6, 6.07) is 6.55. The van der Waals surface area contributed by atoms with Gasteiger partial charge < -0.3 is 4.90 Å². The second-order valence-electron chi connectivity index (χ2n) is 6.93. The van der Waals surface area contributed by atoms with Crippen LogP contribution in [0.15, 0.2) is 29.3 Å². The Bertz CT molecular complexity index is 806. The van der Waals surface area contributed by atoms with Gasteiger partial charge in [-0.3, -0.25) is 4.79 Å². The van der Waals surface area contributed by atoms with E-state index >= 15 is 0 Å². The SMILES string of the molecule is CN(CC1CCCCC1)C(=O)CSc1nc(C(F)(F)F)nc2ccccc12. The zero-order valence-corrected chi connectivity index (χ0v) is 15.9. The van der Waals surface area contributed by atoms with Gasteiger partial charge in [-0.2, -0.15) is 13.2 Å². The van der Waals surface area contributed by atoms with Crippen LogP contribution in [-0.2, 0) is 11.0 Å². The smallest absolute Gasteiger partial charge is 0.345 e. The maximum Gasteiger partial charge on any atom is 0.451 e. The number of alkyl halides is 3. The topological polar surface area (TPSA) is 46.1 Å². The molecule has 3 rings (SSSR count). The summed E-state index contributed by atoms with van der Waals surface area (Å²) in [7, 11) is 1.76. The van der Waals surface area contributed by atoms with Crippen molar-refractivity contribution in [3.05, 3.63) is 30.1 Å². The Balaban J connectivity index is 1.71. The lowest BCUT2D eigenvalue weighted by atomic mass is 9.89. The van der Waals surface area contributed by atoms with Gasteiger partial charge in [-0.25, -0.2) is 9.97 Å². The van der Waals surface area contributed by atoms with Gasteiger partial charge in [0.25, 0.3) is 0 Å². The van der Waals surface area contributed by atoms with Gasteiger partial charge in [0.05, 0.1) is 11.3 Å². The maximum absolute atomic E-state index is 13.1. The third kappa shape index (κ3) is 5.12. The lowest BCUT2D eigenvalue weighted by Gasteiger charge is -2.27. The number of carbonyl (C=O) groups is 1. The van der Waals surface area contributed by atoms with Crippen LogP contribution in [-0.4, -0.2) is 40.1 Å². The number of thioether (sulfide) groups is 1. The van der Waals surface area contributed by atoms with Crippen molar-refractivity contribution in [2.45, 2.75) is 43.3 Å². The summed E-state index contributed by atoms with van der Waals surface area (Å²) >= 11 is 1.04. The van der Waals surface area contributed by atoms with E-state index in [0.29, 0.717) is 17.8 Å². The van der Waals surface area contributed by atoms with Crippen LogP contribution in [0.4, 0.5) is 13.2 Å². The summed E-state index contributed by atoms with van der Waals surface area (Å²) < 4.78 is 39.2. The van der Waals surface area contributed by atoms with Gasteiger partial charge in [0.2, 0.25) is 11.7 Å². The highest BCUT2D eigenvalue weighted by Crippen LogP contribution is 2.32. The number of hydrogen-bond acceptors (Lipinski definition) is 4. The molecule has 0 bridgehead atoms. The molecule has 0 aliphatic heterocycles. The average molecular weight is 397 g/mol. The van der Waals surface area contributed by atoms with Crippen molar-refractivity contribution in [1.82, 2.24) is 14.9 Å². The van der Waals surface area contributed by atoms with Crippen LogP contribution in [0.3, 0.4) is 0 Å². The van der Waals surface area contributed by atoms with Crippen molar-refractivity contribution in [3.63, 3.8) is 0 Å². The van der Waals surface area contributed by atoms with Crippen LogP contribution in [0.2, 0.25) is 0 Å². The molecule has 0 radical (unpaired) electrons. The minimum atomic E-state index is -4.62. The Morgan fingerprint density at radius 3 is 2.59 bits per heavy atom. The van der Waals surface area contributed by atoms with Gasteiger partial charge in [-0.1, -0.05) is 49.2 Å². The van der Waals surface area contributed by atoms with E-state index in [9.17, 15) is 18.0 Å². The highest BCUT2D eigenvalue weighted by molar-refractivity contribution is 8.00. The van der Waals surface area contributed by atoms with Gasteiger partial charge in [0, 0.05) is 19.0 Å². The Morgan fingerprint density at radius 2 is 1.89 bits per heavy atom. The number of amides is 1. The Hall–Kier alpha value is -1.83. The number of para-hydroxylation sites is 1. The average Bonchev–Trinajstić information content (AvgIpc) is 2.65. The summed E-state index contributed by atoms with van der Waals surface area (Å²) in [6.45, 7) is 0.706. The predicted octanol–water partition coefficient (Wildman–Crippen LogP) is 4.78. The zero-order chi connectivity index (χ0) is 19.4. The second-order valence-corrected chi connectivity index (χ2v) is 7.90. The zero-order valence-electron chi connectivity index (χ0n) is 15.1. The summed E-state index contributed by atoms with van der Waals surface area (Å²) in [5, 5.41) is 0.713. The molecule has 0 spiro atoms. The molecule has 1 saturated carbocycles. The van der Waals surface area contributed by atoms with E-state index in [1.807, 2.05) is 0 Å². The molecule has 27 heavy (non-hydrogen) atoms. The number of rotatable bonds is 5. The fourth-order valence-electron chi connectivity index (χ4n) is 3.38. The summed E-state index contributed by atoms with van der Waals surface area (Å²) in [6.07, 6.45) is 1.31. The molecule has 8 heteroatoms. The van der Waals surface area contributed by atoms with Gasteiger partial charge in [0.1, 0.15) is 5.03 Å². The molecule has 2 aromatic rings. The van der Waals surface area contributed by atoms with E-state index in [4.69, 9.17) is 0 Å². The van der Waals surface area contributed by atoms with E-state index in [2.05, 4.69) is 9.97 Å². The molecule has 4 nitrogen and oxygen atoms in total. The standard InChI is InChI=1S/C19H22F3N3OS/c1-25(11-13-7-3-2-4-8-13)16(26)12-27-17-14-9-5-6-10-15(14)23-18(24-17)19(20,21)22/h5-6,9-10,13H,2-4,7-8,11-12H2,1H3. The molecule has 1 heterocycles. The third-order valence-corrected chi connectivity index (χ3v) is 5.81. The summed E-state index contributed by atoms with van der Waals surface area (Å²) in [5.41, 5.74) is 0.227. The van der Waals surface area contributed by atoms with Gasteiger partial charge in [-0.15, -0.1) is 0 Å². The Labute approximate surface area is 160 Å². The normalized spacial score (nSPS) is 15.9. The van der Waals surface area contributed by atoms with Crippen molar-refractivity contribution >= 4 is 28.6 Å². The van der Waals surface area contributed by atoms with Gasteiger partial charge >= 0.3 is 6.18 Å². The highest BCUT2D eigenvalue weighted by Gasteiger charge is 2.35. The number of hydrogen-bond donors (Lipinski definition) is 0. The molecule has 1 aromatic carbocycles. The van der Waals surface area contributed by atoms with E-state index < -0.39 is 12.0 Å². The number of benzene rings is 1. The molecule has 1 amide bonds. The van der Waals surface area contributed by atoms with Crippen LogP contribution in [0.25, 0.3) is 10.9 Å². The van der Waals surface area contributed by atoms with Gasteiger partial charge in [0.15, 0.2) is 0 Å². The molecule has 1 aliphatic rings. The number of halogens is 3. The first-order valence-electron chi connectivity index (χ1n) is 9.05. The molecule has 1 aromatic heterocycles. The summed E-state index contributed by atoms with van der Waals surface area (Å²) in [4.78, 5) is 21.4. The van der Waals surface area contributed by atoms with Crippen molar-refractivity contribution in [1.29, 1.82) is 0 Å². The fraction of sp³-hybridized carbons (Fsp3) is 0.526. The maximum atomic E-state index is 13.1. The molecular weight excluding hydrogens is 375 g/mol. The number of aromatic nitrogens is 2. The first kappa shape index (κ1) is 19.9. The predicted molar refractivity (Wildman–Crippen MR) is 99.5 cm³/mol. The van der Waals surface area contributed by atoms with Crippen molar-refractivity contribution < 1.29 is 18.0 Å². The lowest BCUT2D eigenvalue weighted by molar-refractivity contribution is -0.145. The van der Waals surface area contributed by atoms with Crippen molar-refractivity contribution in [2.75, 3.05) is 19.3 Å². The van der Waals surface area contributed by atoms with Crippen LogP contribution in [0.5, 0.6) is 0 Å². The molecule has 0 atom stereocenters. The molecule has 1 fully saturated rings. The van der Waals surface area contributed by atoms with E-state index in [1.54, 1.807) is 30.1 Å². The van der Waals surface area contributed by atoms with Crippen molar-refractivity contribution in [3.8, 4) is 0 Å².